The number of carbonyl (C=O) groups excluding carboxylic acids is 1. The van der Waals surface area contributed by atoms with E-state index in [9.17, 15) is 4.79 Å². The number of amides is 1. The predicted molar refractivity (Wildman–Crippen MR) is 102 cm³/mol. The summed E-state index contributed by atoms with van der Waals surface area (Å²) in [6.07, 6.45) is 13.1. The Hall–Kier alpha value is -3.03. The summed E-state index contributed by atoms with van der Waals surface area (Å²) in [7, 11) is 0. The first kappa shape index (κ1) is 17.1. The summed E-state index contributed by atoms with van der Waals surface area (Å²) in [6.45, 7) is 2.18. The number of aromatic nitrogens is 6. The van der Waals surface area contributed by atoms with Crippen molar-refractivity contribution in [2.24, 2.45) is 0 Å². The summed E-state index contributed by atoms with van der Waals surface area (Å²) in [5, 5.41) is 9.08. The molecule has 0 atom stereocenters. The van der Waals surface area contributed by atoms with E-state index < -0.39 is 0 Å². The third kappa shape index (κ3) is 3.30. The molecule has 4 heterocycles. The zero-order valence-electron chi connectivity index (χ0n) is 15.7. The lowest BCUT2D eigenvalue weighted by atomic mass is 9.95. The molecule has 1 saturated heterocycles. The van der Waals surface area contributed by atoms with Crippen LogP contribution in [0.3, 0.4) is 0 Å². The second-order valence-corrected chi connectivity index (χ2v) is 7.62. The molecule has 1 saturated carbocycles. The predicted octanol–water partition coefficient (Wildman–Crippen LogP) is 2.27. The molecule has 1 aliphatic heterocycles. The smallest absolute Gasteiger partial charge is 0.255 e. The van der Waals surface area contributed by atoms with Gasteiger partial charge in [-0.3, -0.25) is 9.78 Å². The molecule has 3 aromatic heterocycles. The van der Waals surface area contributed by atoms with E-state index in [-0.39, 0.29) is 5.91 Å². The average molecular weight is 377 g/mol. The van der Waals surface area contributed by atoms with E-state index in [1.54, 1.807) is 24.7 Å². The third-order valence-electron chi connectivity index (χ3n) is 5.64. The Morgan fingerprint density at radius 2 is 1.93 bits per heavy atom. The number of hydrogen-bond donors (Lipinski definition) is 0. The molecule has 1 amide bonds. The summed E-state index contributed by atoms with van der Waals surface area (Å²) < 4.78 is 4.38. The van der Waals surface area contributed by atoms with Crippen molar-refractivity contribution in [1.29, 1.82) is 0 Å². The molecule has 0 aromatic carbocycles. The molecule has 28 heavy (non-hydrogen) atoms. The molecule has 8 heteroatoms. The monoisotopic (exact) mass is 377 g/mol. The van der Waals surface area contributed by atoms with Gasteiger partial charge in [-0.05, 0) is 37.8 Å². The van der Waals surface area contributed by atoms with Crippen LogP contribution >= 0.6 is 0 Å². The zero-order chi connectivity index (χ0) is 18.9. The number of likely N-dealkylation sites (tertiary alicyclic amines) is 1. The van der Waals surface area contributed by atoms with Crippen LogP contribution in [0, 0.1) is 0 Å². The number of nitrogens with zero attached hydrogens (tertiary/aromatic N) is 7. The Bertz CT molecular complexity index is 938. The van der Waals surface area contributed by atoms with Gasteiger partial charge in [-0.25, -0.2) is 4.98 Å². The van der Waals surface area contributed by atoms with Gasteiger partial charge in [-0.15, -0.1) is 10.2 Å². The third-order valence-corrected chi connectivity index (χ3v) is 5.64. The van der Waals surface area contributed by atoms with E-state index >= 15 is 0 Å². The van der Waals surface area contributed by atoms with Gasteiger partial charge in [-0.1, -0.05) is 0 Å². The molecule has 0 radical (unpaired) electrons. The van der Waals surface area contributed by atoms with Gasteiger partial charge in [0, 0.05) is 49.8 Å². The topological polar surface area (TPSA) is 81.7 Å². The van der Waals surface area contributed by atoms with Crippen LogP contribution in [0.5, 0.6) is 0 Å². The van der Waals surface area contributed by atoms with Crippen LogP contribution in [0.25, 0.3) is 0 Å². The summed E-state index contributed by atoms with van der Waals surface area (Å²) in [4.78, 5) is 22.8. The van der Waals surface area contributed by atoms with E-state index in [4.69, 9.17) is 0 Å². The van der Waals surface area contributed by atoms with E-state index in [0.717, 1.165) is 37.6 Å². The van der Waals surface area contributed by atoms with Crippen LogP contribution in [0.15, 0.2) is 43.2 Å². The van der Waals surface area contributed by atoms with Crippen molar-refractivity contribution in [3.8, 4) is 0 Å². The molecule has 0 unspecified atom stereocenters. The van der Waals surface area contributed by atoms with Gasteiger partial charge in [0.2, 0.25) is 0 Å². The Labute approximate surface area is 163 Å². The number of imidazole rings is 1. The van der Waals surface area contributed by atoms with Gasteiger partial charge in [0.1, 0.15) is 5.82 Å². The SMILES string of the molecule is O=C(c1cccnc1)N1CCC(c2nnc(Cn3ccnc3)n2C2CC2)CC1. The minimum atomic E-state index is 0.0657. The minimum Gasteiger partial charge on any atom is -0.339 e. The molecule has 0 bridgehead atoms. The van der Waals surface area contributed by atoms with Crippen LogP contribution in [0.1, 0.15) is 59.6 Å². The van der Waals surface area contributed by atoms with E-state index in [0.29, 0.717) is 24.1 Å². The fourth-order valence-corrected chi connectivity index (χ4v) is 4.01. The summed E-state index contributed by atoms with van der Waals surface area (Å²) >= 11 is 0. The molecule has 144 valence electrons. The molecule has 0 spiro atoms. The molecule has 8 nitrogen and oxygen atoms in total. The second-order valence-electron chi connectivity index (χ2n) is 7.62. The number of piperidine rings is 1. The van der Waals surface area contributed by atoms with Gasteiger partial charge in [0.15, 0.2) is 5.82 Å². The van der Waals surface area contributed by atoms with Crippen molar-refractivity contribution in [2.75, 3.05) is 13.1 Å². The minimum absolute atomic E-state index is 0.0657. The molecular formula is C20H23N7O. The summed E-state index contributed by atoms with van der Waals surface area (Å²) in [6, 6.07) is 4.16. The standard InChI is InChI=1S/C20H23N7O/c28-20(16-2-1-7-21-12-16)26-9-5-15(6-10-26)19-24-23-18(27(19)17-3-4-17)13-25-11-8-22-14-25/h1-2,7-8,11-12,14-15,17H,3-6,9-10,13H2. The lowest BCUT2D eigenvalue weighted by Crippen LogP contribution is -2.38. The van der Waals surface area contributed by atoms with Crippen molar-refractivity contribution in [1.82, 2.24) is 34.2 Å². The number of pyridine rings is 1. The van der Waals surface area contributed by atoms with Gasteiger partial charge in [0.25, 0.3) is 5.91 Å². The average Bonchev–Trinajstić information content (AvgIpc) is 3.29. The molecule has 2 fully saturated rings. The highest BCUT2D eigenvalue weighted by molar-refractivity contribution is 5.93. The zero-order valence-corrected chi connectivity index (χ0v) is 15.7. The van der Waals surface area contributed by atoms with E-state index in [1.165, 1.54) is 12.8 Å². The van der Waals surface area contributed by atoms with Crippen LogP contribution in [-0.4, -0.2) is 53.2 Å². The van der Waals surface area contributed by atoms with Crippen LogP contribution in [-0.2, 0) is 6.54 Å². The number of carbonyl (C=O) groups is 1. The summed E-state index contributed by atoms with van der Waals surface area (Å²) in [5.41, 5.74) is 0.657. The van der Waals surface area contributed by atoms with Crippen molar-refractivity contribution in [2.45, 2.75) is 44.2 Å². The quantitative estimate of drug-likeness (QED) is 0.681. The normalized spacial score (nSPS) is 17.8. The Morgan fingerprint density at radius 3 is 2.61 bits per heavy atom. The first-order valence-electron chi connectivity index (χ1n) is 9.88. The van der Waals surface area contributed by atoms with Gasteiger partial charge < -0.3 is 14.0 Å². The molecule has 1 aliphatic carbocycles. The Kier molecular flexibility index (Phi) is 4.38. The molecule has 0 N–H and O–H groups in total. The molecule has 5 rings (SSSR count). The first-order chi connectivity index (χ1) is 13.8. The molecule has 2 aliphatic rings. The highest BCUT2D eigenvalue weighted by Crippen LogP contribution is 2.40. The van der Waals surface area contributed by atoms with Crippen molar-refractivity contribution < 1.29 is 4.79 Å². The fourth-order valence-electron chi connectivity index (χ4n) is 4.01. The second kappa shape index (κ2) is 7.18. The maximum Gasteiger partial charge on any atom is 0.255 e. The van der Waals surface area contributed by atoms with Gasteiger partial charge in [0.05, 0.1) is 18.4 Å². The van der Waals surface area contributed by atoms with E-state index in [1.807, 2.05) is 28.1 Å². The molecule has 3 aromatic rings. The van der Waals surface area contributed by atoms with Gasteiger partial charge >= 0.3 is 0 Å². The lowest BCUT2D eigenvalue weighted by molar-refractivity contribution is 0.0709. The lowest BCUT2D eigenvalue weighted by Gasteiger charge is -2.31. The van der Waals surface area contributed by atoms with E-state index in [2.05, 4.69) is 24.7 Å². The highest BCUT2D eigenvalue weighted by Gasteiger charge is 2.34. The van der Waals surface area contributed by atoms with Gasteiger partial charge in [-0.2, -0.15) is 0 Å². The largest absolute Gasteiger partial charge is 0.339 e. The van der Waals surface area contributed by atoms with Crippen molar-refractivity contribution in [3.63, 3.8) is 0 Å². The Balaban J connectivity index is 1.30. The van der Waals surface area contributed by atoms with Crippen molar-refractivity contribution >= 4 is 5.91 Å². The fraction of sp³-hybridized carbons (Fsp3) is 0.450. The highest BCUT2D eigenvalue weighted by atomic mass is 16.2. The Morgan fingerprint density at radius 1 is 1.07 bits per heavy atom. The maximum absolute atomic E-state index is 12.7. The van der Waals surface area contributed by atoms with Crippen LogP contribution < -0.4 is 0 Å². The van der Waals surface area contributed by atoms with Crippen molar-refractivity contribution in [3.05, 3.63) is 60.5 Å². The number of hydrogen-bond acceptors (Lipinski definition) is 5. The van der Waals surface area contributed by atoms with Crippen LogP contribution in [0.4, 0.5) is 0 Å². The number of rotatable bonds is 5. The maximum atomic E-state index is 12.7. The van der Waals surface area contributed by atoms with Crippen LogP contribution in [0.2, 0.25) is 0 Å². The first-order valence-corrected chi connectivity index (χ1v) is 9.88. The molecular weight excluding hydrogens is 354 g/mol. The summed E-state index contributed by atoms with van der Waals surface area (Å²) in [5.74, 6) is 2.51.